The predicted molar refractivity (Wildman–Crippen MR) is 337 cm³/mol. The number of aromatic nitrogens is 3. The molecular formula is C74H65BFIrN3O3-2. The van der Waals surface area contributed by atoms with E-state index in [9.17, 15) is 4.39 Å². The number of pyridine rings is 1. The number of para-hydroxylation sites is 4. The van der Waals surface area contributed by atoms with E-state index in [-0.39, 0.29) is 43.5 Å². The van der Waals surface area contributed by atoms with Crippen LogP contribution in [0.15, 0.2) is 168 Å². The average molecular weight is 1270 g/mol. The Balaban J connectivity index is 0.000000370. The quantitative estimate of drug-likeness (QED) is 0.123. The molecular weight excluding hydrogens is 1200 g/mol. The van der Waals surface area contributed by atoms with Gasteiger partial charge in [-0.05, 0) is 128 Å². The Morgan fingerprint density at radius 2 is 1.29 bits per heavy atom. The molecule has 14 rings (SSSR count). The average Bonchev–Trinajstić information content (AvgIpc) is 3.74. The minimum Gasteiger partial charge on any atom is -0.500 e. The fraction of sp³-hybridized carbons (Fsp3) is 0.216. The SMILES string of the molecule is CC(C)c1cccc(C(C)C)c1-n1c(-c2[c-]ccc3c2oc2c(-c4ccc5c6c7c(cc5c4)Oc4ccc(C(C)(C)C)cc4B7c4cc(C(C)(C)C)ccc4O6)cccc23)nc2ccccc21.Cc1cnc(-c2[c-]cc(F)cc2)cc1C.[Ir]. The third-order valence-corrected chi connectivity index (χ3v) is 16.7. The normalized spacial score (nSPS) is 12.7. The Bertz CT molecular complexity index is 4490. The van der Waals surface area contributed by atoms with Crippen molar-refractivity contribution in [1.29, 1.82) is 0 Å². The number of furan rings is 1. The van der Waals surface area contributed by atoms with Crippen LogP contribution in [0.4, 0.5) is 4.39 Å². The van der Waals surface area contributed by atoms with Crippen molar-refractivity contribution in [2.75, 3.05) is 0 Å². The van der Waals surface area contributed by atoms with Crippen LogP contribution in [-0.2, 0) is 30.9 Å². The Labute approximate surface area is 500 Å². The van der Waals surface area contributed by atoms with Gasteiger partial charge in [0.05, 0.1) is 22.4 Å². The molecule has 0 fully saturated rings. The molecule has 3 aromatic heterocycles. The van der Waals surface area contributed by atoms with E-state index in [0.29, 0.717) is 11.8 Å². The summed E-state index contributed by atoms with van der Waals surface area (Å²) in [5.41, 5.74) is 20.2. The third-order valence-electron chi connectivity index (χ3n) is 16.7. The number of hydrogen-bond donors (Lipinski definition) is 0. The summed E-state index contributed by atoms with van der Waals surface area (Å²) in [5.74, 6) is 4.62. The Morgan fingerprint density at radius 1 is 0.614 bits per heavy atom. The number of halogens is 1. The van der Waals surface area contributed by atoms with Crippen molar-refractivity contribution >= 4 is 66.8 Å². The van der Waals surface area contributed by atoms with Gasteiger partial charge in [0.15, 0.2) is 0 Å². The summed E-state index contributed by atoms with van der Waals surface area (Å²) in [5, 5.41) is 4.16. The third kappa shape index (κ3) is 9.66. The van der Waals surface area contributed by atoms with Crippen LogP contribution in [0.5, 0.6) is 23.0 Å². The zero-order valence-corrected chi connectivity index (χ0v) is 51.5. The van der Waals surface area contributed by atoms with Crippen LogP contribution in [0.25, 0.3) is 83.2 Å². The van der Waals surface area contributed by atoms with Gasteiger partial charge in [0, 0.05) is 59.6 Å². The smallest absolute Gasteiger partial charge is 0.260 e. The van der Waals surface area contributed by atoms with Gasteiger partial charge in [-0.25, -0.2) is 0 Å². The zero-order valence-electron chi connectivity index (χ0n) is 49.1. The van der Waals surface area contributed by atoms with E-state index >= 15 is 0 Å². The summed E-state index contributed by atoms with van der Waals surface area (Å²) in [7, 11) is 0. The molecule has 415 valence electrons. The summed E-state index contributed by atoms with van der Waals surface area (Å²) >= 11 is 0. The molecule has 9 aromatic carbocycles. The molecule has 0 unspecified atom stereocenters. The monoisotopic (exact) mass is 1270 g/mol. The molecule has 2 aliphatic heterocycles. The molecule has 0 spiro atoms. The largest absolute Gasteiger partial charge is 0.500 e. The van der Waals surface area contributed by atoms with Gasteiger partial charge < -0.3 is 23.4 Å². The maximum Gasteiger partial charge on any atom is 0.260 e. The van der Waals surface area contributed by atoms with E-state index in [2.05, 4.69) is 218 Å². The number of ether oxygens (including phenoxy) is 2. The number of nitrogens with zero attached hydrogens (tertiary/aromatic N) is 3. The second kappa shape index (κ2) is 21.0. The topological polar surface area (TPSA) is 62.3 Å². The summed E-state index contributed by atoms with van der Waals surface area (Å²) < 4.78 is 36.1. The van der Waals surface area contributed by atoms with Crippen LogP contribution in [0.1, 0.15) is 114 Å². The van der Waals surface area contributed by atoms with Gasteiger partial charge in [0.1, 0.15) is 28.6 Å². The minimum absolute atomic E-state index is 0. The molecule has 12 aromatic rings. The van der Waals surface area contributed by atoms with E-state index in [1.165, 1.54) is 56.6 Å². The van der Waals surface area contributed by atoms with Crippen LogP contribution < -0.4 is 25.9 Å². The van der Waals surface area contributed by atoms with Crippen LogP contribution >= 0.6 is 0 Å². The molecule has 0 bridgehead atoms. The fourth-order valence-electron chi connectivity index (χ4n) is 12.1. The van der Waals surface area contributed by atoms with Crippen molar-refractivity contribution in [3.8, 4) is 62.5 Å². The maximum absolute atomic E-state index is 12.7. The molecule has 6 nitrogen and oxygen atoms in total. The first kappa shape index (κ1) is 55.4. The van der Waals surface area contributed by atoms with Gasteiger partial charge in [0.2, 0.25) is 0 Å². The summed E-state index contributed by atoms with van der Waals surface area (Å²) in [6, 6.07) is 61.0. The minimum atomic E-state index is -0.275. The van der Waals surface area contributed by atoms with Gasteiger partial charge in [-0.1, -0.05) is 177 Å². The summed E-state index contributed by atoms with van der Waals surface area (Å²) in [6.45, 7) is 26.7. The molecule has 0 N–H and O–H groups in total. The van der Waals surface area contributed by atoms with Crippen LogP contribution in [-0.4, -0.2) is 21.2 Å². The Kier molecular flexibility index (Phi) is 14.0. The van der Waals surface area contributed by atoms with E-state index in [4.69, 9.17) is 18.9 Å². The van der Waals surface area contributed by atoms with Gasteiger partial charge in [-0.15, -0.1) is 48.0 Å². The van der Waals surface area contributed by atoms with Crippen LogP contribution in [0.2, 0.25) is 0 Å². The zero-order chi connectivity index (χ0) is 57.1. The first-order valence-corrected chi connectivity index (χ1v) is 28.6. The summed E-state index contributed by atoms with van der Waals surface area (Å²) in [4.78, 5) is 9.65. The number of aryl methyl sites for hydroxylation is 2. The number of imidazole rings is 1. The van der Waals surface area contributed by atoms with Crippen molar-refractivity contribution < 1.29 is 38.4 Å². The molecule has 0 amide bonds. The molecule has 9 heteroatoms. The Hall–Kier alpha value is -8.10. The molecule has 0 aliphatic carbocycles. The predicted octanol–water partition coefficient (Wildman–Crippen LogP) is 18.1. The van der Waals surface area contributed by atoms with E-state index in [1.54, 1.807) is 6.07 Å². The van der Waals surface area contributed by atoms with E-state index in [1.807, 2.05) is 32.2 Å². The van der Waals surface area contributed by atoms with Gasteiger partial charge >= 0.3 is 0 Å². The second-order valence-electron chi connectivity index (χ2n) is 25.0. The molecule has 83 heavy (non-hydrogen) atoms. The van der Waals surface area contributed by atoms with Crippen molar-refractivity contribution in [1.82, 2.24) is 14.5 Å². The molecule has 0 atom stereocenters. The number of rotatable bonds is 6. The van der Waals surface area contributed by atoms with Gasteiger partial charge in [-0.3, -0.25) is 9.37 Å². The van der Waals surface area contributed by atoms with Crippen LogP contribution in [0, 0.1) is 31.8 Å². The first-order valence-electron chi connectivity index (χ1n) is 28.6. The van der Waals surface area contributed by atoms with Crippen molar-refractivity contribution in [2.24, 2.45) is 0 Å². The maximum atomic E-state index is 12.7. The number of benzene rings is 9. The van der Waals surface area contributed by atoms with Gasteiger partial charge in [-0.2, -0.15) is 0 Å². The number of fused-ring (bicyclic) bond motifs is 10. The van der Waals surface area contributed by atoms with E-state index in [0.717, 1.165) is 112 Å². The summed E-state index contributed by atoms with van der Waals surface area (Å²) in [6.07, 6.45) is 1.82. The standard InChI is InChI=1S/C61H54BN2O3.C13H11FN.Ir/c1-34(2)40-16-13-17-41(35(3)4)55(40)64-50-23-12-11-22-49(50)63-59(64)46-21-15-20-45-44-19-14-18-42(56(44)67-57(45)46)36-24-27-43-37(30-36)31-53-54-58(43)66-52-29-26-39(61(8,9)10)33-48(52)62(54)47-32-38(60(5,6)7)25-28-51(47)65-53;1-9-7-13(15-8-10(9)2)11-3-5-12(14)6-4-11;/h11-20,22-35H,1-10H3;3,5-8H,1-2H3;/q2*-1;. The second-order valence-corrected chi connectivity index (χ2v) is 25.0. The van der Waals surface area contributed by atoms with Gasteiger partial charge in [0.25, 0.3) is 6.71 Å². The van der Waals surface area contributed by atoms with Crippen molar-refractivity contribution in [3.63, 3.8) is 0 Å². The molecule has 2 aliphatic rings. The number of hydrogen-bond acceptors (Lipinski definition) is 5. The van der Waals surface area contributed by atoms with E-state index < -0.39 is 0 Å². The Morgan fingerprint density at radius 3 is 1.95 bits per heavy atom. The van der Waals surface area contributed by atoms with Crippen molar-refractivity contribution in [2.45, 2.75) is 106 Å². The van der Waals surface area contributed by atoms with Crippen LogP contribution in [0.3, 0.4) is 0 Å². The molecule has 0 saturated heterocycles. The first-order chi connectivity index (χ1) is 39.3. The van der Waals surface area contributed by atoms with Crippen molar-refractivity contribution in [3.05, 3.63) is 215 Å². The molecule has 0 saturated carbocycles. The molecule has 5 heterocycles. The fourth-order valence-corrected chi connectivity index (χ4v) is 12.1. The molecule has 1 radical (unpaired) electrons.